The van der Waals surface area contributed by atoms with E-state index in [1.54, 1.807) is 23.3 Å². The van der Waals surface area contributed by atoms with Gasteiger partial charge in [-0.05, 0) is 39.4 Å². The fourth-order valence-corrected chi connectivity index (χ4v) is 2.70. The third-order valence-corrected chi connectivity index (χ3v) is 3.89. The molecule has 5 heteroatoms. The van der Waals surface area contributed by atoms with Gasteiger partial charge in [0.1, 0.15) is 0 Å². The average Bonchev–Trinajstić information content (AvgIpc) is 2.63. The van der Waals surface area contributed by atoms with Crippen LogP contribution in [0.5, 0.6) is 0 Å². The molecule has 0 radical (unpaired) electrons. The highest BCUT2D eigenvalue weighted by molar-refractivity contribution is 9.11. The molecule has 0 spiro atoms. The molecule has 1 rings (SSSR count). The van der Waals surface area contributed by atoms with E-state index in [2.05, 4.69) is 15.9 Å². The van der Waals surface area contributed by atoms with Crippen molar-refractivity contribution in [2.75, 3.05) is 7.05 Å². The summed E-state index contributed by atoms with van der Waals surface area (Å²) in [6.07, 6.45) is 1.68. The van der Waals surface area contributed by atoms with Crippen molar-refractivity contribution in [2.45, 2.75) is 32.4 Å². The van der Waals surface area contributed by atoms with Crippen molar-refractivity contribution < 1.29 is 4.79 Å². The van der Waals surface area contributed by atoms with Gasteiger partial charge in [0.25, 0.3) is 0 Å². The molecule has 16 heavy (non-hydrogen) atoms. The van der Waals surface area contributed by atoms with Crippen molar-refractivity contribution >= 4 is 33.2 Å². The first kappa shape index (κ1) is 13.7. The van der Waals surface area contributed by atoms with Crippen LogP contribution in [0.2, 0.25) is 0 Å². The lowest BCUT2D eigenvalue weighted by Gasteiger charge is -2.20. The standard InChI is InChI=1S/C11H17BrN2OS/c1-3-4-9(13)11(15)14(2)6-8-5-10(12)16-7-8/h5,7,9H,3-4,6,13H2,1-2H3/t9-/m0/s1. The molecule has 0 fully saturated rings. The highest BCUT2D eigenvalue weighted by atomic mass is 79.9. The second-order valence-corrected chi connectivity index (χ2v) is 6.14. The van der Waals surface area contributed by atoms with Gasteiger partial charge in [0, 0.05) is 13.6 Å². The SMILES string of the molecule is CCC[C@H](N)C(=O)N(C)Cc1csc(Br)c1. The Bertz CT molecular complexity index is 354. The molecule has 1 heterocycles. The van der Waals surface area contributed by atoms with Crippen molar-refractivity contribution in [1.82, 2.24) is 4.90 Å². The van der Waals surface area contributed by atoms with Gasteiger partial charge in [-0.25, -0.2) is 0 Å². The first-order valence-corrected chi connectivity index (χ1v) is 6.95. The summed E-state index contributed by atoms with van der Waals surface area (Å²) in [6, 6.07) is 1.66. The number of amides is 1. The quantitative estimate of drug-likeness (QED) is 0.909. The lowest BCUT2D eigenvalue weighted by molar-refractivity contribution is -0.131. The Morgan fingerprint density at radius 2 is 2.38 bits per heavy atom. The zero-order valence-corrected chi connectivity index (χ0v) is 12.0. The Balaban J connectivity index is 2.51. The van der Waals surface area contributed by atoms with Gasteiger partial charge in [-0.2, -0.15) is 0 Å². The number of nitrogens with two attached hydrogens (primary N) is 1. The first-order chi connectivity index (χ1) is 7.54. The van der Waals surface area contributed by atoms with E-state index >= 15 is 0 Å². The van der Waals surface area contributed by atoms with Gasteiger partial charge in [0.15, 0.2) is 0 Å². The summed E-state index contributed by atoms with van der Waals surface area (Å²) >= 11 is 5.03. The molecule has 3 nitrogen and oxygen atoms in total. The number of hydrogen-bond donors (Lipinski definition) is 1. The van der Waals surface area contributed by atoms with E-state index in [0.717, 1.165) is 22.2 Å². The molecule has 1 atom stereocenters. The Morgan fingerprint density at radius 1 is 1.69 bits per heavy atom. The van der Waals surface area contributed by atoms with Crippen molar-refractivity contribution in [2.24, 2.45) is 5.73 Å². The predicted molar refractivity (Wildman–Crippen MR) is 71.4 cm³/mol. The topological polar surface area (TPSA) is 46.3 Å². The van der Waals surface area contributed by atoms with Gasteiger partial charge in [-0.1, -0.05) is 13.3 Å². The molecule has 0 saturated carbocycles. The van der Waals surface area contributed by atoms with Crippen LogP contribution in [-0.4, -0.2) is 23.9 Å². The molecule has 0 bridgehead atoms. The summed E-state index contributed by atoms with van der Waals surface area (Å²) in [5.41, 5.74) is 6.93. The Hall–Kier alpha value is -0.390. The second kappa shape index (κ2) is 6.37. The van der Waals surface area contributed by atoms with Crippen molar-refractivity contribution in [3.63, 3.8) is 0 Å². The van der Waals surface area contributed by atoms with Gasteiger partial charge < -0.3 is 10.6 Å². The van der Waals surface area contributed by atoms with E-state index < -0.39 is 0 Å². The molecular formula is C11H17BrN2OS. The molecule has 0 unspecified atom stereocenters. The minimum atomic E-state index is -0.364. The molecule has 1 amide bonds. The maximum Gasteiger partial charge on any atom is 0.239 e. The fraction of sp³-hybridized carbons (Fsp3) is 0.545. The number of carbonyl (C=O) groups excluding carboxylic acids is 1. The number of halogens is 1. The summed E-state index contributed by atoms with van der Waals surface area (Å²) in [7, 11) is 1.80. The van der Waals surface area contributed by atoms with Crippen LogP contribution in [0.15, 0.2) is 15.2 Å². The van der Waals surface area contributed by atoms with Crippen molar-refractivity contribution in [3.05, 3.63) is 20.8 Å². The number of rotatable bonds is 5. The molecule has 2 N–H and O–H groups in total. The highest BCUT2D eigenvalue weighted by Gasteiger charge is 2.17. The summed E-state index contributed by atoms with van der Waals surface area (Å²) < 4.78 is 1.08. The highest BCUT2D eigenvalue weighted by Crippen LogP contribution is 2.21. The summed E-state index contributed by atoms with van der Waals surface area (Å²) in [5.74, 6) is 0.0178. The number of carbonyl (C=O) groups is 1. The molecule has 90 valence electrons. The van der Waals surface area contributed by atoms with Crippen molar-refractivity contribution in [3.8, 4) is 0 Å². The zero-order chi connectivity index (χ0) is 12.1. The zero-order valence-electron chi connectivity index (χ0n) is 9.57. The Morgan fingerprint density at radius 3 is 2.88 bits per heavy atom. The van der Waals surface area contributed by atoms with E-state index in [4.69, 9.17) is 5.73 Å². The smallest absolute Gasteiger partial charge is 0.239 e. The normalized spacial score (nSPS) is 12.5. The second-order valence-electron chi connectivity index (χ2n) is 3.85. The summed E-state index contributed by atoms with van der Waals surface area (Å²) in [5, 5.41) is 2.04. The minimum Gasteiger partial charge on any atom is -0.340 e. The Kier molecular flexibility index (Phi) is 5.44. The van der Waals surface area contributed by atoms with Gasteiger partial charge in [-0.3, -0.25) is 4.79 Å². The van der Waals surface area contributed by atoms with Crippen LogP contribution in [0.3, 0.4) is 0 Å². The largest absolute Gasteiger partial charge is 0.340 e. The maximum atomic E-state index is 11.8. The summed E-state index contributed by atoms with van der Waals surface area (Å²) in [6.45, 7) is 2.65. The fourth-order valence-electron chi connectivity index (χ4n) is 1.50. The van der Waals surface area contributed by atoms with Gasteiger partial charge in [0.2, 0.25) is 5.91 Å². The lowest BCUT2D eigenvalue weighted by Crippen LogP contribution is -2.41. The van der Waals surface area contributed by atoms with E-state index in [0.29, 0.717) is 6.54 Å². The molecule has 1 aromatic heterocycles. The van der Waals surface area contributed by atoms with E-state index in [1.165, 1.54) is 0 Å². The van der Waals surface area contributed by atoms with E-state index in [9.17, 15) is 4.79 Å². The number of likely N-dealkylation sites (N-methyl/N-ethyl adjacent to an activating group) is 1. The van der Waals surface area contributed by atoms with Crippen LogP contribution >= 0.6 is 27.3 Å². The Labute approximate surface area is 109 Å². The van der Waals surface area contributed by atoms with Gasteiger partial charge >= 0.3 is 0 Å². The number of hydrogen-bond acceptors (Lipinski definition) is 3. The number of thiophene rings is 1. The van der Waals surface area contributed by atoms with E-state index in [-0.39, 0.29) is 11.9 Å². The molecule has 0 aliphatic heterocycles. The van der Waals surface area contributed by atoms with Crippen LogP contribution in [0.4, 0.5) is 0 Å². The first-order valence-electron chi connectivity index (χ1n) is 5.28. The minimum absolute atomic E-state index is 0.0178. The summed E-state index contributed by atoms with van der Waals surface area (Å²) in [4.78, 5) is 13.5. The molecule has 1 aromatic rings. The third kappa shape index (κ3) is 3.88. The van der Waals surface area contributed by atoms with Gasteiger partial charge in [-0.15, -0.1) is 11.3 Å². The van der Waals surface area contributed by atoms with Gasteiger partial charge in [0.05, 0.1) is 9.83 Å². The lowest BCUT2D eigenvalue weighted by atomic mass is 10.1. The average molecular weight is 305 g/mol. The molecule has 0 aliphatic carbocycles. The molecular weight excluding hydrogens is 288 g/mol. The van der Waals surface area contributed by atoms with Crippen molar-refractivity contribution in [1.29, 1.82) is 0 Å². The number of nitrogens with zero attached hydrogens (tertiary/aromatic N) is 1. The predicted octanol–water partition coefficient (Wildman–Crippen LogP) is 2.60. The maximum absolute atomic E-state index is 11.8. The molecule has 0 aromatic carbocycles. The molecule has 0 aliphatic rings. The molecule has 0 saturated heterocycles. The van der Waals surface area contributed by atoms with Crippen LogP contribution in [-0.2, 0) is 11.3 Å². The van der Waals surface area contributed by atoms with Crippen LogP contribution in [0, 0.1) is 0 Å². The van der Waals surface area contributed by atoms with Crippen LogP contribution in [0.1, 0.15) is 25.3 Å². The van der Waals surface area contributed by atoms with E-state index in [1.807, 2.05) is 18.4 Å². The van der Waals surface area contributed by atoms with Crippen LogP contribution in [0.25, 0.3) is 0 Å². The third-order valence-electron chi connectivity index (χ3n) is 2.33. The monoisotopic (exact) mass is 304 g/mol. The van der Waals surface area contributed by atoms with Crippen LogP contribution < -0.4 is 5.73 Å².